The van der Waals surface area contributed by atoms with Gasteiger partial charge in [0, 0.05) is 18.9 Å². The van der Waals surface area contributed by atoms with E-state index in [1.165, 1.54) is 5.01 Å². The van der Waals surface area contributed by atoms with Gasteiger partial charge in [-0.25, -0.2) is 13.4 Å². The van der Waals surface area contributed by atoms with E-state index in [1.54, 1.807) is 0 Å². The van der Waals surface area contributed by atoms with Gasteiger partial charge in [0.05, 0.1) is 17.5 Å². The lowest BCUT2D eigenvalue weighted by Crippen LogP contribution is -2.45. The molecule has 22 heavy (non-hydrogen) atoms. The molecule has 2 rings (SSSR count). The predicted molar refractivity (Wildman–Crippen MR) is 83.1 cm³/mol. The van der Waals surface area contributed by atoms with Gasteiger partial charge in [0.25, 0.3) is 5.91 Å². The first-order chi connectivity index (χ1) is 10.3. The molecular weight excluding hydrogens is 306 g/mol. The Kier molecular flexibility index (Phi) is 5.20. The Morgan fingerprint density at radius 3 is 2.77 bits per heavy atom. The number of carbonyl (C=O) groups excluding carboxylic acids is 2. The van der Waals surface area contributed by atoms with E-state index in [0.717, 1.165) is 12.8 Å². The molecule has 0 aromatic heterocycles. The first kappa shape index (κ1) is 16.9. The zero-order valence-corrected chi connectivity index (χ0v) is 13.9. The van der Waals surface area contributed by atoms with Gasteiger partial charge in [-0.1, -0.05) is 13.3 Å². The number of nitrogens with zero attached hydrogens (tertiary/aromatic N) is 2. The van der Waals surface area contributed by atoms with Gasteiger partial charge in [0.2, 0.25) is 5.91 Å². The van der Waals surface area contributed by atoms with E-state index in [9.17, 15) is 18.0 Å². The highest BCUT2D eigenvalue weighted by Gasteiger charge is 2.37. The van der Waals surface area contributed by atoms with Crippen molar-refractivity contribution in [2.75, 3.05) is 11.5 Å². The zero-order chi connectivity index (χ0) is 16.3. The number of hydrogen-bond donors (Lipinski definition) is 1. The van der Waals surface area contributed by atoms with Crippen molar-refractivity contribution in [3.8, 4) is 0 Å². The molecule has 2 heterocycles. The number of sulfone groups is 1. The van der Waals surface area contributed by atoms with Crippen molar-refractivity contribution in [2.45, 2.75) is 58.0 Å². The van der Waals surface area contributed by atoms with Crippen molar-refractivity contribution in [1.82, 2.24) is 10.3 Å². The molecule has 124 valence electrons. The summed E-state index contributed by atoms with van der Waals surface area (Å²) in [7, 11) is -3.10. The second-order valence-electron chi connectivity index (χ2n) is 6.01. The maximum atomic E-state index is 12.2. The number of amides is 2. The highest BCUT2D eigenvalue weighted by atomic mass is 32.2. The van der Waals surface area contributed by atoms with Crippen molar-refractivity contribution in [3.63, 3.8) is 0 Å². The number of hydrazone groups is 1. The zero-order valence-electron chi connectivity index (χ0n) is 13.0. The minimum Gasteiger partial charge on any atom is -0.348 e. The lowest BCUT2D eigenvalue weighted by atomic mass is 10.1. The molecule has 1 saturated heterocycles. The highest BCUT2D eigenvalue weighted by Crippen LogP contribution is 2.22. The van der Waals surface area contributed by atoms with Crippen LogP contribution in [-0.2, 0) is 19.4 Å². The summed E-state index contributed by atoms with van der Waals surface area (Å²) in [5.41, 5.74) is 0.312. The Hall–Kier alpha value is -1.44. The van der Waals surface area contributed by atoms with E-state index in [2.05, 4.69) is 10.4 Å². The maximum Gasteiger partial charge on any atom is 0.267 e. The van der Waals surface area contributed by atoms with Crippen LogP contribution in [0.3, 0.4) is 0 Å². The summed E-state index contributed by atoms with van der Waals surface area (Å²) in [6.07, 6.45) is 2.74. The van der Waals surface area contributed by atoms with Gasteiger partial charge in [-0.2, -0.15) is 5.10 Å². The standard InChI is InChI=1S/C14H23N3O4S/c1-3-4-10(2)15-14(19)12-5-6-13(18)17(16-12)11-7-8-22(20,21)9-11/h10-11H,3-9H2,1-2H3,(H,15,19)/t10-,11-/m0/s1. The minimum absolute atomic E-state index is 0.0538. The molecule has 0 saturated carbocycles. The Morgan fingerprint density at radius 2 is 2.18 bits per heavy atom. The highest BCUT2D eigenvalue weighted by molar-refractivity contribution is 7.91. The third-order valence-corrected chi connectivity index (χ3v) is 5.73. The van der Waals surface area contributed by atoms with Crippen molar-refractivity contribution in [2.24, 2.45) is 5.10 Å². The molecule has 0 spiro atoms. The van der Waals surface area contributed by atoms with E-state index in [-0.39, 0.29) is 35.8 Å². The molecular formula is C14H23N3O4S. The van der Waals surface area contributed by atoms with E-state index in [4.69, 9.17) is 0 Å². The second kappa shape index (κ2) is 6.76. The Bertz CT molecular complexity index is 585. The number of nitrogens with one attached hydrogen (secondary N) is 1. The summed E-state index contributed by atoms with van der Waals surface area (Å²) in [4.78, 5) is 24.2. The van der Waals surface area contributed by atoms with Crippen LogP contribution in [-0.4, -0.2) is 54.5 Å². The molecule has 0 unspecified atom stereocenters. The van der Waals surface area contributed by atoms with Crippen LogP contribution in [0.1, 0.15) is 46.0 Å². The average molecular weight is 329 g/mol. The Balaban J connectivity index is 2.08. The SMILES string of the molecule is CCC[C@H](C)NC(=O)C1=NN([C@H]2CCS(=O)(=O)C2)C(=O)CC1. The van der Waals surface area contributed by atoms with Crippen LogP contribution < -0.4 is 5.32 Å². The molecule has 2 aliphatic rings. The number of hydrogen-bond acceptors (Lipinski definition) is 5. The van der Waals surface area contributed by atoms with Crippen LogP contribution in [0.4, 0.5) is 0 Å². The molecule has 2 atom stereocenters. The fourth-order valence-corrected chi connectivity index (χ4v) is 4.49. The number of rotatable bonds is 5. The van der Waals surface area contributed by atoms with Gasteiger partial charge < -0.3 is 5.32 Å². The monoisotopic (exact) mass is 329 g/mol. The van der Waals surface area contributed by atoms with Crippen LogP contribution in [0.15, 0.2) is 5.10 Å². The van der Waals surface area contributed by atoms with Gasteiger partial charge >= 0.3 is 0 Å². The molecule has 7 nitrogen and oxygen atoms in total. The first-order valence-corrected chi connectivity index (χ1v) is 9.55. The van der Waals surface area contributed by atoms with Crippen molar-refractivity contribution >= 4 is 27.4 Å². The Labute approximate surface area is 131 Å². The molecule has 2 amide bonds. The van der Waals surface area contributed by atoms with E-state index < -0.39 is 15.9 Å². The fraction of sp³-hybridized carbons (Fsp3) is 0.786. The largest absolute Gasteiger partial charge is 0.348 e. The van der Waals surface area contributed by atoms with Gasteiger partial charge in [0.15, 0.2) is 9.84 Å². The third-order valence-electron chi connectivity index (χ3n) is 3.98. The van der Waals surface area contributed by atoms with Crippen molar-refractivity contribution < 1.29 is 18.0 Å². The quantitative estimate of drug-likeness (QED) is 0.792. The Morgan fingerprint density at radius 1 is 1.45 bits per heavy atom. The van der Waals surface area contributed by atoms with Crippen molar-refractivity contribution in [1.29, 1.82) is 0 Å². The molecule has 1 N–H and O–H groups in total. The topological polar surface area (TPSA) is 95.9 Å². The molecule has 0 aliphatic carbocycles. The first-order valence-electron chi connectivity index (χ1n) is 7.73. The lowest BCUT2D eigenvalue weighted by Gasteiger charge is -2.28. The molecule has 1 fully saturated rings. The maximum absolute atomic E-state index is 12.2. The van der Waals surface area contributed by atoms with E-state index in [1.807, 2.05) is 13.8 Å². The minimum atomic E-state index is -3.10. The lowest BCUT2D eigenvalue weighted by molar-refractivity contribution is -0.133. The summed E-state index contributed by atoms with van der Waals surface area (Å²) in [5.74, 6) is -0.463. The van der Waals surface area contributed by atoms with Gasteiger partial charge in [0.1, 0.15) is 5.71 Å². The van der Waals surface area contributed by atoms with Crippen LogP contribution >= 0.6 is 0 Å². The second-order valence-corrected chi connectivity index (χ2v) is 8.23. The summed E-state index contributed by atoms with van der Waals surface area (Å²) in [6, 6.07) is -0.383. The smallest absolute Gasteiger partial charge is 0.267 e. The van der Waals surface area contributed by atoms with Gasteiger partial charge in [-0.05, 0) is 19.8 Å². The van der Waals surface area contributed by atoms with Crippen LogP contribution in [0, 0.1) is 0 Å². The van der Waals surface area contributed by atoms with Crippen LogP contribution in [0.25, 0.3) is 0 Å². The van der Waals surface area contributed by atoms with Crippen molar-refractivity contribution in [3.05, 3.63) is 0 Å². The molecule has 0 radical (unpaired) electrons. The van der Waals surface area contributed by atoms with Crippen LogP contribution in [0.2, 0.25) is 0 Å². The fourth-order valence-electron chi connectivity index (χ4n) is 2.80. The molecule has 0 aromatic carbocycles. The molecule has 0 bridgehead atoms. The summed E-state index contributed by atoms with van der Waals surface area (Å²) in [6.45, 7) is 3.97. The molecule has 2 aliphatic heterocycles. The van der Waals surface area contributed by atoms with Crippen LogP contribution in [0.5, 0.6) is 0 Å². The number of carbonyl (C=O) groups is 2. The molecule has 8 heteroatoms. The summed E-state index contributed by atoms with van der Waals surface area (Å²) in [5, 5.41) is 8.23. The van der Waals surface area contributed by atoms with E-state index in [0.29, 0.717) is 18.6 Å². The molecule has 0 aromatic rings. The normalized spacial score (nSPS) is 25.7. The third kappa shape index (κ3) is 4.06. The summed E-state index contributed by atoms with van der Waals surface area (Å²) >= 11 is 0. The van der Waals surface area contributed by atoms with Gasteiger partial charge in [-0.3, -0.25) is 9.59 Å². The van der Waals surface area contributed by atoms with Gasteiger partial charge in [-0.15, -0.1) is 0 Å². The average Bonchev–Trinajstić information content (AvgIpc) is 2.79. The summed E-state index contributed by atoms with van der Waals surface area (Å²) < 4.78 is 23.1. The predicted octanol–water partition coefficient (Wildman–Crippen LogP) is 0.457. The van der Waals surface area contributed by atoms with E-state index >= 15 is 0 Å².